The predicted molar refractivity (Wildman–Crippen MR) is 54.2 cm³/mol. The van der Waals surface area contributed by atoms with E-state index >= 15 is 0 Å². The highest BCUT2D eigenvalue weighted by Crippen LogP contribution is 2.36. The highest BCUT2D eigenvalue weighted by atomic mass is 79.9. The first-order valence-corrected chi connectivity index (χ1v) is 5.20. The van der Waals surface area contributed by atoms with Crippen molar-refractivity contribution in [3.05, 3.63) is 22.2 Å². The Kier molecular flexibility index (Phi) is 2.12. The van der Waals surface area contributed by atoms with E-state index in [1.807, 2.05) is 6.92 Å². The maximum Gasteiger partial charge on any atom is 0.148 e. The fourth-order valence-electron chi connectivity index (χ4n) is 1.47. The first kappa shape index (κ1) is 9.09. The van der Waals surface area contributed by atoms with Gasteiger partial charge in [-0.2, -0.15) is 0 Å². The Morgan fingerprint density at radius 2 is 2.23 bits per heavy atom. The van der Waals surface area contributed by atoms with Gasteiger partial charge in [0.15, 0.2) is 0 Å². The Hall–Kier alpha value is -0.480. The number of nitrogens with zero attached hydrogens (tertiary/aromatic N) is 2. The monoisotopic (exact) mass is 241 g/mol. The highest BCUT2D eigenvalue weighted by molar-refractivity contribution is 9.10. The minimum atomic E-state index is -0.245. The van der Waals surface area contributed by atoms with Crippen LogP contribution in [0, 0.1) is 6.92 Å². The van der Waals surface area contributed by atoms with E-state index in [1.54, 1.807) is 6.20 Å². The molecular weight excluding hydrogens is 230 g/mol. The van der Waals surface area contributed by atoms with E-state index in [0.29, 0.717) is 0 Å². The van der Waals surface area contributed by atoms with Gasteiger partial charge in [-0.05, 0) is 42.1 Å². The van der Waals surface area contributed by atoms with Crippen LogP contribution in [-0.2, 0) is 5.54 Å². The molecule has 0 spiro atoms. The van der Waals surface area contributed by atoms with Gasteiger partial charge in [0.05, 0.1) is 15.7 Å². The van der Waals surface area contributed by atoms with Gasteiger partial charge < -0.3 is 5.73 Å². The lowest BCUT2D eigenvalue weighted by molar-refractivity contribution is 0.237. The van der Waals surface area contributed by atoms with E-state index in [4.69, 9.17) is 5.73 Å². The summed E-state index contributed by atoms with van der Waals surface area (Å²) in [6.45, 7) is 1.96. The van der Waals surface area contributed by atoms with Crippen molar-refractivity contribution >= 4 is 15.9 Å². The molecule has 0 aromatic carbocycles. The Morgan fingerprint density at radius 3 is 2.69 bits per heavy atom. The molecule has 2 N–H and O–H groups in total. The van der Waals surface area contributed by atoms with E-state index < -0.39 is 0 Å². The van der Waals surface area contributed by atoms with Crippen LogP contribution in [-0.4, -0.2) is 9.97 Å². The zero-order valence-corrected chi connectivity index (χ0v) is 9.13. The SMILES string of the molecule is Cc1nc(C2(N)CCC2)ncc1Br. The molecule has 1 aromatic heterocycles. The number of hydrogen-bond donors (Lipinski definition) is 1. The number of halogens is 1. The van der Waals surface area contributed by atoms with E-state index in [1.165, 1.54) is 6.42 Å². The van der Waals surface area contributed by atoms with Crippen LogP contribution in [0.3, 0.4) is 0 Å². The van der Waals surface area contributed by atoms with Crippen molar-refractivity contribution in [1.29, 1.82) is 0 Å². The standard InChI is InChI=1S/C9H12BrN3/c1-6-7(10)5-12-8(13-6)9(11)3-2-4-9/h5H,2-4,11H2,1H3. The first-order valence-electron chi connectivity index (χ1n) is 4.40. The smallest absolute Gasteiger partial charge is 0.148 e. The van der Waals surface area contributed by atoms with Crippen LogP contribution in [0.4, 0.5) is 0 Å². The number of aromatic nitrogens is 2. The van der Waals surface area contributed by atoms with Gasteiger partial charge in [0.2, 0.25) is 0 Å². The van der Waals surface area contributed by atoms with E-state index in [9.17, 15) is 0 Å². The fraction of sp³-hybridized carbons (Fsp3) is 0.556. The van der Waals surface area contributed by atoms with Crippen molar-refractivity contribution < 1.29 is 0 Å². The summed E-state index contributed by atoms with van der Waals surface area (Å²) in [5, 5.41) is 0. The number of aryl methyl sites for hydroxylation is 1. The minimum Gasteiger partial charge on any atom is -0.319 e. The average Bonchev–Trinajstić information content (AvgIpc) is 2.06. The van der Waals surface area contributed by atoms with Gasteiger partial charge in [-0.25, -0.2) is 9.97 Å². The molecule has 1 aliphatic rings. The number of hydrogen-bond acceptors (Lipinski definition) is 3. The normalized spacial score (nSPS) is 19.6. The lowest BCUT2D eigenvalue weighted by Gasteiger charge is -2.36. The molecule has 2 rings (SSSR count). The van der Waals surface area contributed by atoms with Crippen molar-refractivity contribution in [2.24, 2.45) is 5.73 Å². The Bertz CT molecular complexity index is 334. The summed E-state index contributed by atoms with van der Waals surface area (Å²) in [6, 6.07) is 0. The van der Waals surface area contributed by atoms with Gasteiger partial charge in [-0.15, -0.1) is 0 Å². The molecule has 1 aromatic rings. The van der Waals surface area contributed by atoms with Crippen molar-refractivity contribution in [2.75, 3.05) is 0 Å². The predicted octanol–water partition coefficient (Wildman–Crippen LogP) is 1.89. The van der Waals surface area contributed by atoms with Crippen molar-refractivity contribution in [2.45, 2.75) is 31.7 Å². The van der Waals surface area contributed by atoms with Gasteiger partial charge in [0, 0.05) is 6.20 Å². The zero-order chi connectivity index (χ0) is 9.47. The molecule has 1 fully saturated rings. The van der Waals surface area contributed by atoms with Crippen LogP contribution in [0.2, 0.25) is 0 Å². The third kappa shape index (κ3) is 1.48. The Labute approximate surface area is 85.9 Å². The molecular formula is C9H12BrN3. The number of rotatable bonds is 1. The van der Waals surface area contributed by atoms with Gasteiger partial charge >= 0.3 is 0 Å². The largest absolute Gasteiger partial charge is 0.319 e. The van der Waals surface area contributed by atoms with Gasteiger partial charge in [0.1, 0.15) is 5.82 Å². The lowest BCUT2D eigenvalue weighted by atomic mass is 9.77. The molecule has 1 heterocycles. The lowest BCUT2D eigenvalue weighted by Crippen LogP contribution is -2.44. The summed E-state index contributed by atoms with van der Waals surface area (Å²) in [5.41, 5.74) is 6.82. The highest BCUT2D eigenvalue weighted by Gasteiger charge is 2.37. The topological polar surface area (TPSA) is 51.8 Å². The van der Waals surface area contributed by atoms with Gasteiger partial charge in [-0.3, -0.25) is 0 Å². The summed E-state index contributed by atoms with van der Waals surface area (Å²) in [5.74, 6) is 0.791. The van der Waals surface area contributed by atoms with Crippen LogP contribution in [0.1, 0.15) is 30.8 Å². The molecule has 1 aliphatic carbocycles. The molecule has 4 heteroatoms. The second-order valence-corrected chi connectivity index (χ2v) is 4.49. The van der Waals surface area contributed by atoms with E-state index in [-0.39, 0.29) is 5.54 Å². The van der Waals surface area contributed by atoms with Crippen LogP contribution in [0.25, 0.3) is 0 Å². The van der Waals surface area contributed by atoms with Crippen LogP contribution in [0.15, 0.2) is 10.7 Å². The van der Waals surface area contributed by atoms with Crippen LogP contribution < -0.4 is 5.73 Å². The average molecular weight is 242 g/mol. The summed E-state index contributed by atoms with van der Waals surface area (Å²) < 4.78 is 0.944. The third-order valence-corrected chi connectivity index (χ3v) is 3.39. The van der Waals surface area contributed by atoms with Crippen molar-refractivity contribution in [1.82, 2.24) is 9.97 Å². The molecule has 0 unspecified atom stereocenters. The molecule has 0 saturated heterocycles. The van der Waals surface area contributed by atoms with E-state index in [2.05, 4.69) is 25.9 Å². The summed E-state index contributed by atoms with van der Waals surface area (Å²) >= 11 is 3.37. The minimum absolute atomic E-state index is 0.245. The molecule has 0 radical (unpaired) electrons. The van der Waals surface area contributed by atoms with Gasteiger partial charge in [-0.1, -0.05) is 0 Å². The molecule has 0 amide bonds. The summed E-state index contributed by atoms with van der Waals surface area (Å²) in [6.07, 6.45) is 4.99. The summed E-state index contributed by atoms with van der Waals surface area (Å²) in [4.78, 5) is 8.63. The quantitative estimate of drug-likeness (QED) is 0.818. The second kappa shape index (κ2) is 3.03. The molecule has 70 valence electrons. The van der Waals surface area contributed by atoms with Gasteiger partial charge in [0.25, 0.3) is 0 Å². The van der Waals surface area contributed by atoms with E-state index in [0.717, 1.165) is 28.8 Å². The fourth-order valence-corrected chi connectivity index (χ4v) is 1.66. The molecule has 13 heavy (non-hydrogen) atoms. The van der Waals surface area contributed by atoms with Crippen molar-refractivity contribution in [3.8, 4) is 0 Å². The number of nitrogens with two attached hydrogens (primary N) is 1. The third-order valence-electron chi connectivity index (χ3n) is 2.61. The van der Waals surface area contributed by atoms with Crippen LogP contribution in [0.5, 0.6) is 0 Å². The van der Waals surface area contributed by atoms with Crippen LogP contribution >= 0.6 is 15.9 Å². The second-order valence-electron chi connectivity index (χ2n) is 3.64. The van der Waals surface area contributed by atoms with Crippen molar-refractivity contribution in [3.63, 3.8) is 0 Å². The Balaban J connectivity index is 2.36. The maximum absolute atomic E-state index is 6.10. The molecule has 0 bridgehead atoms. The maximum atomic E-state index is 6.10. The molecule has 0 atom stereocenters. The molecule has 1 saturated carbocycles. The molecule has 3 nitrogen and oxygen atoms in total. The Morgan fingerprint density at radius 1 is 1.54 bits per heavy atom. The first-order chi connectivity index (χ1) is 6.12. The summed E-state index contributed by atoms with van der Waals surface area (Å²) in [7, 11) is 0. The zero-order valence-electron chi connectivity index (χ0n) is 7.55. The molecule has 0 aliphatic heterocycles.